The van der Waals surface area contributed by atoms with E-state index in [2.05, 4.69) is 31.3 Å². The lowest BCUT2D eigenvalue weighted by molar-refractivity contribution is 0.618. The molecule has 0 aliphatic rings. The predicted octanol–water partition coefficient (Wildman–Crippen LogP) is 4.23. The molecule has 2 aromatic carbocycles. The average Bonchev–Trinajstić information content (AvgIpc) is 2.44. The van der Waals surface area contributed by atoms with E-state index in [1.54, 1.807) is 13.0 Å². The highest BCUT2D eigenvalue weighted by atomic mass is 19.1. The van der Waals surface area contributed by atoms with Gasteiger partial charge in [-0.3, -0.25) is 0 Å². The van der Waals surface area contributed by atoms with Crippen molar-refractivity contribution in [1.82, 2.24) is 0 Å². The summed E-state index contributed by atoms with van der Waals surface area (Å²) in [4.78, 5) is 0. The van der Waals surface area contributed by atoms with Crippen molar-refractivity contribution in [3.05, 3.63) is 64.0 Å². The van der Waals surface area contributed by atoms with Gasteiger partial charge in [0.2, 0.25) is 0 Å². The summed E-state index contributed by atoms with van der Waals surface area (Å²) in [7, 11) is 0. The van der Waals surface area contributed by atoms with Crippen molar-refractivity contribution >= 4 is 5.69 Å². The van der Waals surface area contributed by atoms with Crippen LogP contribution in [0.4, 0.5) is 10.1 Å². The first-order valence-electron chi connectivity index (χ1n) is 6.52. The summed E-state index contributed by atoms with van der Waals surface area (Å²) in [5.41, 5.74) is 5.17. The number of nitrogens with one attached hydrogen (secondary N) is 1. The number of nitrogens with zero attached hydrogens (tertiary/aromatic N) is 1. The Bertz CT molecular complexity index is 684. The van der Waals surface area contributed by atoms with Gasteiger partial charge in [0, 0.05) is 17.8 Å². The Morgan fingerprint density at radius 1 is 1.15 bits per heavy atom. The first kappa shape index (κ1) is 14.1. The Kier molecular flexibility index (Phi) is 4.05. The molecule has 0 fully saturated rings. The van der Waals surface area contributed by atoms with E-state index in [1.165, 1.54) is 22.8 Å². The normalized spacial score (nSPS) is 10.2. The summed E-state index contributed by atoms with van der Waals surface area (Å²) < 4.78 is 13.7. The molecule has 0 atom stereocenters. The molecule has 1 N–H and O–H groups in total. The average molecular weight is 268 g/mol. The third-order valence-corrected chi connectivity index (χ3v) is 3.66. The standard InChI is InChI=1S/C17H17FN2/c1-11-5-4-6-15(12(11)2)10-20-17-8-14(9-19)7-16(18)13(17)3/h4-8,20H,10H2,1-3H3. The van der Waals surface area contributed by atoms with E-state index in [-0.39, 0.29) is 5.82 Å². The van der Waals surface area contributed by atoms with Gasteiger partial charge in [0.1, 0.15) is 5.82 Å². The molecule has 0 heterocycles. The zero-order chi connectivity index (χ0) is 14.7. The molecule has 0 saturated heterocycles. The van der Waals surface area contributed by atoms with Crippen LogP contribution in [-0.4, -0.2) is 0 Å². The number of halogens is 1. The number of nitriles is 1. The number of hydrogen-bond donors (Lipinski definition) is 1. The van der Waals surface area contributed by atoms with Crippen molar-refractivity contribution < 1.29 is 4.39 Å². The first-order valence-corrected chi connectivity index (χ1v) is 6.52. The molecule has 0 saturated carbocycles. The molecule has 0 bridgehead atoms. The smallest absolute Gasteiger partial charge is 0.129 e. The second-order valence-corrected chi connectivity index (χ2v) is 4.96. The second kappa shape index (κ2) is 5.75. The van der Waals surface area contributed by atoms with Gasteiger partial charge in [-0.05, 0) is 49.6 Å². The molecule has 0 aromatic heterocycles. The van der Waals surface area contributed by atoms with Gasteiger partial charge in [0.15, 0.2) is 0 Å². The molecule has 0 aliphatic heterocycles. The van der Waals surface area contributed by atoms with Crippen LogP contribution in [0.25, 0.3) is 0 Å². The minimum absolute atomic E-state index is 0.330. The quantitative estimate of drug-likeness (QED) is 0.904. The molecule has 2 rings (SSSR count). The van der Waals surface area contributed by atoms with Crippen molar-refractivity contribution in [2.24, 2.45) is 0 Å². The Morgan fingerprint density at radius 3 is 2.60 bits per heavy atom. The SMILES string of the molecule is Cc1cccc(CNc2cc(C#N)cc(F)c2C)c1C. The molecule has 102 valence electrons. The van der Waals surface area contributed by atoms with E-state index in [0.29, 0.717) is 23.4 Å². The number of rotatable bonds is 3. The van der Waals surface area contributed by atoms with Crippen LogP contribution in [0.1, 0.15) is 27.8 Å². The highest BCUT2D eigenvalue weighted by molar-refractivity contribution is 5.56. The van der Waals surface area contributed by atoms with E-state index in [4.69, 9.17) is 5.26 Å². The van der Waals surface area contributed by atoms with Gasteiger partial charge >= 0.3 is 0 Å². The maximum absolute atomic E-state index is 13.7. The van der Waals surface area contributed by atoms with Gasteiger partial charge in [0.25, 0.3) is 0 Å². The summed E-state index contributed by atoms with van der Waals surface area (Å²) in [6.45, 7) is 6.47. The summed E-state index contributed by atoms with van der Waals surface area (Å²) in [5.74, 6) is -0.354. The van der Waals surface area contributed by atoms with Gasteiger partial charge in [-0.1, -0.05) is 18.2 Å². The summed E-state index contributed by atoms with van der Waals surface area (Å²) in [6, 6.07) is 11.1. The third kappa shape index (κ3) is 2.80. The van der Waals surface area contributed by atoms with E-state index in [9.17, 15) is 4.39 Å². The maximum atomic E-state index is 13.7. The number of anilines is 1. The van der Waals surface area contributed by atoms with Crippen LogP contribution in [-0.2, 0) is 6.54 Å². The molecule has 2 aromatic rings. The van der Waals surface area contributed by atoms with Crippen LogP contribution >= 0.6 is 0 Å². The van der Waals surface area contributed by atoms with Crippen molar-refractivity contribution in [3.8, 4) is 6.07 Å². The fourth-order valence-electron chi connectivity index (χ4n) is 2.12. The molecule has 0 radical (unpaired) electrons. The number of benzene rings is 2. The molecular formula is C17H17FN2. The molecule has 20 heavy (non-hydrogen) atoms. The van der Waals surface area contributed by atoms with E-state index >= 15 is 0 Å². The van der Waals surface area contributed by atoms with Crippen LogP contribution in [0.5, 0.6) is 0 Å². The molecule has 0 unspecified atom stereocenters. The monoisotopic (exact) mass is 268 g/mol. The summed E-state index contributed by atoms with van der Waals surface area (Å²) in [6.07, 6.45) is 0. The Balaban J connectivity index is 2.25. The number of aryl methyl sites for hydroxylation is 1. The number of hydrogen-bond acceptors (Lipinski definition) is 2. The van der Waals surface area contributed by atoms with Crippen LogP contribution in [0.15, 0.2) is 30.3 Å². The van der Waals surface area contributed by atoms with Gasteiger partial charge in [-0.25, -0.2) is 4.39 Å². The van der Waals surface area contributed by atoms with Crippen molar-refractivity contribution in [2.45, 2.75) is 27.3 Å². The zero-order valence-corrected chi connectivity index (χ0v) is 11.9. The maximum Gasteiger partial charge on any atom is 0.129 e. The van der Waals surface area contributed by atoms with Crippen molar-refractivity contribution in [2.75, 3.05) is 5.32 Å². The highest BCUT2D eigenvalue weighted by Crippen LogP contribution is 2.22. The minimum Gasteiger partial charge on any atom is -0.381 e. The lowest BCUT2D eigenvalue weighted by atomic mass is 10.0. The van der Waals surface area contributed by atoms with Gasteiger partial charge < -0.3 is 5.32 Å². The largest absolute Gasteiger partial charge is 0.381 e. The Labute approximate surface area is 118 Å². The molecule has 3 heteroatoms. The van der Waals surface area contributed by atoms with Crippen LogP contribution < -0.4 is 5.32 Å². The van der Waals surface area contributed by atoms with Crippen LogP contribution in [0.3, 0.4) is 0 Å². The summed E-state index contributed by atoms with van der Waals surface area (Å²) in [5, 5.41) is 12.1. The lowest BCUT2D eigenvalue weighted by Gasteiger charge is -2.13. The third-order valence-electron chi connectivity index (χ3n) is 3.66. The Hall–Kier alpha value is -2.34. The second-order valence-electron chi connectivity index (χ2n) is 4.96. The van der Waals surface area contributed by atoms with Crippen LogP contribution in [0.2, 0.25) is 0 Å². The fourth-order valence-corrected chi connectivity index (χ4v) is 2.12. The van der Waals surface area contributed by atoms with E-state index in [1.807, 2.05) is 12.1 Å². The first-order chi connectivity index (χ1) is 9.52. The van der Waals surface area contributed by atoms with Crippen molar-refractivity contribution in [3.63, 3.8) is 0 Å². The van der Waals surface area contributed by atoms with Gasteiger partial charge in [-0.15, -0.1) is 0 Å². The van der Waals surface area contributed by atoms with Gasteiger partial charge in [0.05, 0.1) is 11.6 Å². The molecule has 0 spiro atoms. The van der Waals surface area contributed by atoms with Crippen LogP contribution in [0, 0.1) is 37.9 Å². The summed E-state index contributed by atoms with van der Waals surface area (Å²) >= 11 is 0. The molecule has 0 aliphatic carbocycles. The van der Waals surface area contributed by atoms with E-state index < -0.39 is 0 Å². The topological polar surface area (TPSA) is 35.8 Å². The Morgan fingerprint density at radius 2 is 1.90 bits per heavy atom. The zero-order valence-electron chi connectivity index (χ0n) is 11.9. The molecule has 0 amide bonds. The fraction of sp³-hybridized carbons (Fsp3) is 0.235. The minimum atomic E-state index is -0.354. The van der Waals surface area contributed by atoms with E-state index in [0.717, 1.165) is 0 Å². The van der Waals surface area contributed by atoms with Gasteiger partial charge in [-0.2, -0.15) is 5.26 Å². The lowest BCUT2D eigenvalue weighted by Crippen LogP contribution is -2.05. The molecule has 2 nitrogen and oxygen atoms in total. The highest BCUT2D eigenvalue weighted by Gasteiger charge is 2.08. The van der Waals surface area contributed by atoms with Crippen molar-refractivity contribution in [1.29, 1.82) is 5.26 Å². The molecular weight excluding hydrogens is 251 g/mol. The predicted molar refractivity (Wildman–Crippen MR) is 79.1 cm³/mol.